The first-order valence-corrected chi connectivity index (χ1v) is 5.14. The zero-order chi connectivity index (χ0) is 13.3. The van der Waals surface area contributed by atoms with Gasteiger partial charge in [-0.25, -0.2) is 0 Å². The highest BCUT2D eigenvalue weighted by molar-refractivity contribution is 6.06. The molecule has 1 heterocycles. The number of imide groups is 1. The number of rotatable bonds is 2. The molecule has 1 fully saturated rings. The Morgan fingerprint density at radius 2 is 2.00 bits per heavy atom. The molecule has 2 rings (SSSR count). The molecule has 2 N–H and O–H groups in total. The first-order valence-electron chi connectivity index (χ1n) is 5.14. The Labute approximate surface area is 100 Å². The fourth-order valence-electron chi connectivity index (χ4n) is 1.66. The summed E-state index contributed by atoms with van der Waals surface area (Å²) in [6.45, 7) is 0. The maximum atomic E-state index is 12.5. The topological polar surface area (TPSA) is 58.2 Å². The SMILES string of the molecule is O=C1CC(Nc2cccc(C(F)(F)F)c2)C(=O)N1. The smallest absolute Gasteiger partial charge is 0.373 e. The van der Waals surface area contributed by atoms with E-state index in [1.807, 2.05) is 0 Å². The number of hydrogen-bond donors (Lipinski definition) is 2. The van der Waals surface area contributed by atoms with Crippen LogP contribution < -0.4 is 10.6 Å². The van der Waals surface area contributed by atoms with Crippen molar-refractivity contribution in [2.45, 2.75) is 18.6 Å². The number of alkyl halides is 3. The van der Waals surface area contributed by atoms with E-state index in [1.165, 1.54) is 12.1 Å². The molecule has 2 amide bonds. The summed E-state index contributed by atoms with van der Waals surface area (Å²) in [4.78, 5) is 22.2. The van der Waals surface area contributed by atoms with Gasteiger partial charge in [0.25, 0.3) is 0 Å². The molecule has 1 aromatic carbocycles. The lowest BCUT2D eigenvalue weighted by atomic mass is 10.1. The van der Waals surface area contributed by atoms with Crippen LogP contribution in [0.3, 0.4) is 0 Å². The quantitative estimate of drug-likeness (QED) is 0.791. The minimum atomic E-state index is -4.44. The summed E-state index contributed by atoms with van der Waals surface area (Å²) in [5, 5.41) is 4.67. The van der Waals surface area contributed by atoms with Gasteiger partial charge in [-0.3, -0.25) is 14.9 Å². The third kappa shape index (κ3) is 2.61. The Kier molecular flexibility index (Phi) is 2.98. The van der Waals surface area contributed by atoms with Gasteiger partial charge in [0.05, 0.1) is 12.0 Å². The lowest BCUT2D eigenvalue weighted by molar-refractivity contribution is -0.137. The molecule has 7 heteroatoms. The number of anilines is 1. The van der Waals surface area contributed by atoms with Gasteiger partial charge in [-0.1, -0.05) is 6.07 Å². The molecule has 1 aromatic rings. The molecule has 1 unspecified atom stereocenters. The molecule has 1 aliphatic heterocycles. The Balaban J connectivity index is 2.15. The zero-order valence-corrected chi connectivity index (χ0v) is 9.04. The number of hydrogen-bond acceptors (Lipinski definition) is 3. The van der Waals surface area contributed by atoms with Gasteiger partial charge in [0.1, 0.15) is 6.04 Å². The van der Waals surface area contributed by atoms with Gasteiger partial charge in [0.15, 0.2) is 0 Å². The van der Waals surface area contributed by atoms with Crippen molar-refractivity contribution in [3.05, 3.63) is 29.8 Å². The van der Waals surface area contributed by atoms with Crippen LogP contribution in [0.25, 0.3) is 0 Å². The Morgan fingerprint density at radius 3 is 2.56 bits per heavy atom. The van der Waals surface area contributed by atoms with E-state index in [9.17, 15) is 22.8 Å². The second-order valence-corrected chi connectivity index (χ2v) is 3.89. The average Bonchev–Trinajstić information content (AvgIpc) is 2.56. The summed E-state index contributed by atoms with van der Waals surface area (Å²) in [5.41, 5.74) is -0.656. The molecule has 0 aromatic heterocycles. The number of amides is 2. The van der Waals surface area contributed by atoms with Crippen molar-refractivity contribution < 1.29 is 22.8 Å². The minimum absolute atomic E-state index is 0.0743. The monoisotopic (exact) mass is 258 g/mol. The van der Waals surface area contributed by atoms with Crippen LogP contribution in [0.5, 0.6) is 0 Å². The summed E-state index contributed by atoms with van der Waals surface area (Å²) in [7, 11) is 0. The second-order valence-electron chi connectivity index (χ2n) is 3.89. The van der Waals surface area contributed by atoms with Crippen LogP contribution >= 0.6 is 0 Å². The number of carbonyl (C=O) groups excluding carboxylic acids is 2. The molecule has 4 nitrogen and oxygen atoms in total. The first-order chi connectivity index (χ1) is 8.36. The van der Waals surface area contributed by atoms with Gasteiger partial charge in [-0.15, -0.1) is 0 Å². The summed E-state index contributed by atoms with van der Waals surface area (Å²) in [6, 6.07) is 3.66. The number of benzene rings is 1. The standard InChI is InChI=1S/C11H9F3N2O2/c12-11(13,14)6-2-1-3-7(4-6)15-8-5-9(17)16-10(8)18/h1-4,8,15H,5H2,(H,16,17,18). The molecule has 1 atom stereocenters. The second kappa shape index (κ2) is 4.32. The fraction of sp³-hybridized carbons (Fsp3) is 0.273. The highest BCUT2D eigenvalue weighted by Gasteiger charge is 2.32. The Morgan fingerprint density at radius 1 is 1.28 bits per heavy atom. The minimum Gasteiger partial charge on any atom is -0.373 e. The highest BCUT2D eigenvalue weighted by atomic mass is 19.4. The Hall–Kier alpha value is -2.05. The van der Waals surface area contributed by atoms with Crippen LogP contribution in [0, 0.1) is 0 Å². The van der Waals surface area contributed by atoms with Crippen LogP contribution in [0.1, 0.15) is 12.0 Å². The first kappa shape index (κ1) is 12.4. The molecule has 1 saturated heterocycles. The van der Waals surface area contributed by atoms with Crippen molar-refractivity contribution in [2.75, 3.05) is 5.32 Å². The highest BCUT2D eigenvalue weighted by Crippen LogP contribution is 2.30. The molecule has 0 saturated carbocycles. The fourth-order valence-corrected chi connectivity index (χ4v) is 1.66. The van der Waals surface area contributed by atoms with E-state index >= 15 is 0 Å². The van der Waals surface area contributed by atoms with Gasteiger partial charge in [-0.2, -0.15) is 13.2 Å². The van der Waals surface area contributed by atoms with Crippen molar-refractivity contribution in [3.8, 4) is 0 Å². The molecule has 96 valence electrons. The van der Waals surface area contributed by atoms with Gasteiger partial charge >= 0.3 is 6.18 Å². The van der Waals surface area contributed by atoms with E-state index < -0.39 is 29.6 Å². The summed E-state index contributed by atoms with van der Waals surface area (Å²) in [5.74, 6) is -0.970. The average molecular weight is 258 g/mol. The summed E-state index contributed by atoms with van der Waals surface area (Å²) in [6.07, 6.45) is -4.51. The zero-order valence-electron chi connectivity index (χ0n) is 9.04. The number of halogens is 3. The van der Waals surface area contributed by atoms with Crippen LogP contribution in [0.4, 0.5) is 18.9 Å². The number of nitrogens with one attached hydrogen (secondary N) is 2. The number of carbonyl (C=O) groups is 2. The third-order valence-electron chi connectivity index (χ3n) is 2.50. The van der Waals surface area contributed by atoms with Crippen molar-refractivity contribution in [3.63, 3.8) is 0 Å². The van der Waals surface area contributed by atoms with Gasteiger partial charge in [-0.05, 0) is 18.2 Å². The van der Waals surface area contributed by atoms with E-state index in [0.29, 0.717) is 0 Å². The van der Waals surface area contributed by atoms with E-state index in [0.717, 1.165) is 12.1 Å². The predicted octanol–water partition coefficient (Wildman–Crippen LogP) is 1.53. The predicted molar refractivity (Wildman–Crippen MR) is 56.6 cm³/mol. The molecular formula is C11H9F3N2O2. The molecular weight excluding hydrogens is 249 g/mol. The van der Waals surface area contributed by atoms with Gasteiger partial charge in [0.2, 0.25) is 11.8 Å². The van der Waals surface area contributed by atoms with Crippen molar-refractivity contribution in [1.29, 1.82) is 0 Å². The Bertz CT molecular complexity index is 499. The van der Waals surface area contributed by atoms with Crippen LogP contribution in [0.15, 0.2) is 24.3 Å². The van der Waals surface area contributed by atoms with Gasteiger partial charge < -0.3 is 5.32 Å². The largest absolute Gasteiger partial charge is 0.416 e. The normalized spacial score (nSPS) is 19.8. The maximum absolute atomic E-state index is 12.5. The van der Waals surface area contributed by atoms with Gasteiger partial charge in [0, 0.05) is 5.69 Å². The van der Waals surface area contributed by atoms with Crippen molar-refractivity contribution in [1.82, 2.24) is 5.32 Å². The van der Waals surface area contributed by atoms with Crippen LogP contribution in [-0.4, -0.2) is 17.9 Å². The lowest BCUT2D eigenvalue weighted by Crippen LogP contribution is -2.30. The summed E-state index contributed by atoms with van der Waals surface area (Å²) < 4.78 is 37.4. The molecule has 1 aliphatic rings. The van der Waals surface area contributed by atoms with Crippen LogP contribution in [0.2, 0.25) is 0 Å². The lowest BCUT2D eigenvalue weighted by Gasteiger charge is -2.13. The summed E-state index contributed by atoms with van der Waals surface area (Å²) >= 11 is 0. The molecule has 0 spiro atoms. The van der Waals surface area contributed by atoms with Crippen molar-refractivity contribution in [2.24, 2.45) is 0 Å². The van der Waals surface area contributed by atoms with E-state index in [1.54, 1.807) is 0 Å². The maximum Gasteiger partial charge on any atom is 0.416 e. The van der Waals surface area contributed by atoms with E-state index in [2.05, 4.69) is 10.6 Å². The van der Waals surface area contributed by atoms with Crippen LogP contribution in [-0.2, 0) is 15.8 Å². The molecule has 0 aliphatic carbocycles. The molecule has 0 bridgehead atoms. The molecule has 0 radical (unpaired) electrons. The van der Waals surface area contributed by atoms with Crippen molar-refractivity contribution >= 4 is 17.5 Å². The third-order valence-corrected chi connectivity index (χ3v) is 2.50. The van der Waals surface area contributed by atoms with E-state index in [4.69, 9.17) is 0 Å². The molecule has 18 heavy (non-hydrogen) atoms. The van der Waals surface area contributed by atoms with E-state index in [-0.39, 0.29) is 12.1 Å².